The number of hydrogen-bond donors (Lipinski definition) is 4. The number of pyridine rings is 1. The number of anilines is 2. The second kappa shape index (κ2) is 11.7. The SMILES string of the molecule is COc1cc(-c2csc3c(C=CC(=O)NC4CCNCC4)cnc(N)c23)ccc1NC(=O)c1cc2ccccc2n1C. The molecule has 0 radical (unpaired) electrons. The quantitative estimate of drug-likeness (QED) is 0.197. The largest absolute Gasteiger partial charge is 0.495 e. The van der Waals surface area contributed by atoms with Crippen molar-refractivity contribution < 1.29 is 14.3 Å². The number of ether oxygens (including phenoxy) is 1. The second-order valence-electron chi connectivity index (χ2n) is 10.3. The van der Waals surface area contributed by atoms with Crippen molar-refractivity contribution in [3.05, 3.63) is 77.4 Å². The van der Waals surface area contributed by atoms with Crippen LogP contribution in [0.3, 0.4) is 0 Å². The summed E-state index contributed by atoms with van der Waals surface area (Å²) >= 11 is 1.54. The van der Waals surface area contributed by atoms with Gasteiger partial charge in [-0.25, -0.2) is 4.98 Å². The van der Waals surface area contributed by atoms with E-state index >= 15 is 0 Å². The predicted molar refractivity (Wildman–Crippen MR) is 170 cm³/mol. The zero-order valence-electron chi connectivity index (χ0n) is 23.4. The third-order valence-electron chi connectivity index (χ3n) is 7.70. The summed E-state index contributed by atoms with van der Waals surface area (Å²) in [5.41, 5.74) is 11.1. The lowest BCUT2D eigenvalue weighted by atomic mass is 10.0. The van der Waals surface area contributed by atoms with Crippen LogP contribution in [-0.4, -0.2) is 47.6 Å². The first-order chi connectivity index (χ1) is 20.4. The number of carbonyl (C=O) groups is 2. The summed E-state index contributed by atoms with van der Waals surface area (Å²) < 4.78 is 8.50. The third kappa shape index (κ3) is 5.34. The first-order valence-corrected chi connectivity index (χ1v) is 14.7. The van der Waals surface area contributed by atoms with E-state index in [1.54, 1.807) is 36.8 Å². The number of nitrogens with one attached hydrogen (secondary N) is 3. The molecule has 6 rings (SSSR count). The predicted octanol–water partition coefficient (Wildman–Crippen LogP) is 5.18. The van der Waals surface area contributed by atoms with Gasteiger partial charge in [0.1, 0.15) is 17.3 Å². The Balaban J connectivity index is 1.25. The Morgan fingerprint density at radius 3 is 2.76 bits per heavy atom. The van der Waals surface area contributed by atoms with Gasteiger partial charge in [0.15, 0.2) is 0 Å². The maximum Gasteiger partial charge on any atom is 0.272 e. The molecule has 1 aliphatic rings. The van der Waals surface area contributed by atoms with Crippen LogP contribution in [0.5, 0.6) is 5.75 Å². The van der Waals surface area contributed by atoms with Gasteiger partial charge < -0.3 is 31.0 Å². The zero-order valence-corrected chi connectivity index (χ0v) is 24.3. The Kier molecular flexibility index (Phi) is 7.64. The highest BCUT2D eigenvalue weighted by Gasteiger charge is 2.19. The van der Waals surface area contributed by atoms with E-state index in [9.17, 15) is 9.59 Å². The molecule has 10 heteroatoms. The first-order valence-electron chi connectivity index (χ1n) is 13.8. The van der Waals surface area contributed by atoms with Crippen molar-refractivity contribution in [2.45, 2.75) is 18.9 Å². The van der Waals surface area contributed by atoms with E-state index in [2.05, 4.69) is 20.9 Å². The van der Waals surface area contributed by atoms with E-state index < -0.39 is 0 Å². The Morgan fingerprint density at radius 2 is 1.98 bits per heavy atom. The number of amides is 2. The number of hydrogen-bond acceptors (Lipinski definition) is 7. The molecule has 0 bridgehead atoms. The normalized spacial score (nSPS) is 14.0. The second-order valence-corrected chi connectivity index (χ2v) is 11.2. The number of methoxy groups -OCH3 is 1. The van der Waals surface area contributed by atoms with E-state index in [1.807, 2.05) is 65.5 Å². The molecule has 2 amide bonds. The number of para-hydroxylation sites is 1. The van der Waals surface area contributed by atoms with Gasteiger partial charge in [0.25, 0.3) is 5.91 Å². The highest BCUT2D eigenvalue weighted by Crippen LogP contribution is 2.41. The van der Waals surface area contributed by atoms with Gasteiger partial charge in [0.05, 0.1) is 12.8 Å². The van der Waals surface area contributed by atoms with E-state index in [1.165, 1.54) is 0 Å². The molecule has 1 fully saturated rings. The molecule has 4 heterocycles. The van der Waals surface area contributed by atoms with Crippen molar-refractivity contribution in [1.82, 2.24) is 20.2 Å². The summed E-state index contributed by atoms with van der Waals surface area (Å²) in [5.74, 6) is 0.588. The van der Waals surface area contributed by atoms with E-state index in [0.717, 1.165) is 63.6 Å². The average Bonchev–Trinajstić information content (AvgIpc) is 3.60. The Bertz CT molecular complexity index is 1830. The Hall–Kier alpha value is -4.67. The molecular formula is C32H32N6O3S. The van der Waals surface area contributed by atoms with Crippen LogP contribution in [0.15, 0.2) is 66.2 Å². The fraction of sp³-hybridized carbons (Fsp3) is 0.219. The Labute approximate surface area is 247 Å². The minimum Gasteiger partial charge on any atom is -0.495 e. The van der Waals surface area contributed by atoms with Crippen molar-refractivity contribution in [1.29, 1.82) is 0 Å². The highest BCUT2D eigenvalue weighted by molar-refractivity contribution is 7.18. The van der Waals surface area contributed by atoms with Gasteiger partial charge in [-0.2, -0.15) is 0 Å². The third-order valence-corrected chi connectivity index (χ3v) is 8.73. The molecule has 1 aliphatic heterocycles. The van der Waals surface area contributed by atoms with Crippen LogP contribution in [-0.2, 0) is 11.8 Å². The first kappa shape index (κ1) is 27.5. The lowest BCUT2D eigenvalue weighted by molar-refractivity contribution is -0.117. The smallest absolute Gasteiger partial charge is 0.272 e. The molecule has 42 heavy (non-hydrogen) atoms. The lowest BCUT2D eigenvalue weighted by Crippen LogP contribution is -2.42. The van der Waals surface area contributed by atoms with Gasteiger partial charge in [-0.3, -0.25) is 9.59 Å². The number of fused-ring (bicyclic) bond motifs is 2. The molecule has 0 saturated carbocycles. The van der Waals surface area contributed by atoms with Crippen molar-refractivity contribution >= 4 is 61.7 Å². The molecule has 0 aliphatic carbocycles. The van der Waals surface area contributed by atoms with Crippen LogP contribution in [0.4, 0.5) is 11.5 Å². The molecule has 5 aromatic rings. The number of thiophene rings is 1. The van der Waals surface area contributed by atoms with Crippen molar-refractivity contribution in [2.75, 3.05) is 31.2 Å². The van der Waals surface area contributed by atoms with Crippen LogP contribution in [0.2, 0.25) is 0 Å². The fourth-order valence-corrected chi connectivity index (χ4v) is 6.53. The number of piperidine rings is 1. The van der Waals surface area contributed by atoms with Crippen LogP contribution < -0.4 is 26.4 Å². The number of benzene rings is 2. The molecule has 214 valence electrons. The summed E-state index contributed by atoms with van der Waals surface area (Å²) in [6.07, 6.45) is 6.90. The number of nitrogen functional groups attached to an aromatic ring is 1. The molecular weight excluding hydrogens is 548 g/mol. The lowest BCUT2D eigenvalue weighted by Gasteiger charge is -2.22. The van der Waals surface area contributed by atoms with Crippen LogP contribution in [0.25, 0.3) is 38.2 Å². The van der Waals surface area contributed by atoms with Crippen LogP contribution >= 0.6 is 11.3 Å². The minimum atomic E-state index is -0.227. The zero-order chi connectivity index (χ0) is 29.2. The number of aryl methyl sites for hydroxylation is 1. The van der Waals surface area contributed by atoms with Crippen molar-refractivity contribution in [3.63, 3.8) is 0 Å². The maximum atomic E-state index is 13.2. The topological polar surface area (TPSA) is 123 Å². The minimum absolute atomic E-state index is 0.116. The summed E-state index contributed by atoms with van der Waals surface area (Å²) in [4.78, 5) is 30.2. The van der Waals surface area contributed by atoms with E-state index in [4.69, 9.17) is 10.5 Å². The summed E-state index contributed by atoms with van der Waals surface area (Å²) in [5, 5.41) is 13.2. The standard InChI is InChI=1S/C32H32N6O3S/c1-38-25-6-4-3-5-20(25)15-26(38)32(40)37-24-9-7-19(16-27(24)41-2)23-18-42-30-21(17-35-31(33)29(23)30)8-10-28(39)36-22-11-13-34-14-12-22/h3-10,15-18,22,34H,11-14H2,1-2H3,(H2,33,35)(H,36,39)(H,37,40). The summed E-state index contributed by atoms with van der Waals surface area (Å²) in [7, 11) is 3.45. The number of carbonyl (C=O) groups excluding carboxylic acids is 2. The molecule has 0 unspecified atom stereocenters. The number of aromatic nitrogens is 2. The molecule has 3 aromatic heterocycles. The van der Waals surface area contributed by atoms with Crippen LogP contribution in [0, 0.1) is 0 Å². The van der Waals surface area contributed by atoms with Crippen molar-refractivity contribution in [3.8, 4) is 16.9 Å². The van der Waals surface area contributed by atoms with Gasteiger partial charge in [-0.05, 0) is 67.2 Å². The molecule has 9 nitrogen and oxygen atoms in total. The highest BCUT2D eigenvalue weighted by atomic mass is 32.1. The average molecular weight is 581 g/mol. The Morgan fingerprint density at radius 1 is 1.17 bits per heavy atom. The van der Waals surface area contributed by atoms with Gasteiger partial charge in [0.2, 0.25) is 5.91 Å². The van der Waals surface area contributed by atoms with Gasteiger partial charge in [-0.1, -0.05) is 24.3 Å². The number of nitrogens with two attached hydrogens (primary N) is 1. The number of nitrogens with zero attached hydrogens (tertiary/aromatic N) is 2. The van der Waals surface area contributed by atoms with Gasteiger partial charge in [0, 0.05) is 57.5 Å². The number of rotatable bonds is 7. The van der Waals surface area contributed by atoms with Gasteiger partial charge >= 0.3 is 0 Å². The van der Waals surface area contributed by atoms with E-state index in [0.29, 0.717) is 22.9 Å². The van der Waals surface area contributed by atoms with Gasteiger partial charge in [-0.15, -0.1) is 11.3 Å². The molecule has 1 saturated heterocycles. The summed E-state index contributed by atoms with van der Waals surface area (Å²) in [6, 6.07) is 15.6. The molecule has 5 N–H and O–H groups in total. The van der Waals surface area contributed by atoms with Crippen LogP contribution in [0.1, 0.15) is 28.9 Å². The van der Waals surface area contributed by atoms with Crippen molar-refractivity contribution in [2.24, 2.45) is 7.05 Å². The monoisotopic (exact) mass is 580 g/mol. The van der Waals surface area contributed by atoms with E-state index in [-0.39, 0.29) is 17.9 Å². The molecule has 2 aromatic carbocycles. The maximum absolute atomic E-state index is 13.2. The summed E-state index contributed by atoms with van der Waals surface area (Å²) in [6.45, 7) is 1.83. The fourth-order valence-electron chi connectivity index (χ4n) is 5.45. The molecule has 0 spiro atoms. The molecule has 0 atom stereocenters.